The Balaban J connectivity index is 3.69. The van der Waals surface area contributed by atoms with E-state index in [0.29, 0.717) is 6.20 Å². The van der Waals surface area contributed by atoms with Crippen molar-refractivity contribution < 1.29 is 18.5 Å². The SMILES string of the molecule is N#Cc1c(C(F)F)ncc([N+](=O)[O-])c1C(=O)Cl. The normalized spacial score (nSPS) is 10.1. The van der Waals surface area contributed by atoms with Crippen molar-refractivity contribution in [3.63, 3.8) is 0 Å². The monoisotopic (exact) mass is 261 g/mol. The van der Waals surface area contributed by atoms with Crippen LogP contribution in [-0.2, 0) is 0 Å². The Kier molecular flexibility index (Phi) is 3.65. The van der Waals surface area contributed by atoms with Gasteiger partial charge in [0.05, 0.1) is 10.5 Å². The molecule has 0 spiro atoms. The zero-order valence-corrected chi connectivity index (χ0v) is 8.61. The summed E-state index contributed by atoms with van der Waals surface area (Å²) in [7, 11) is 0. The molecule has 0 amide bonds. The van der Waals surface area contributed by atoms with Crippen LogP contribution < -0.4 is 0 Å². The Bertz CT molecular complexity index is 542. The summed E-state index contributed by atoms with van der Waals surface area (Å²) in [6.45, 7) is 0. The number of rotatable bonds is 3. The third kappa shape index (κ3) is 2.34. The van der Waals surface area contributed by atoms with Gasteiger partial charge in [0.15, 0.2) is 0 Å². The average molecular weight is 262 g/mol. The third-order valence-electron chi connectivity index (χ3n) is 1.80. The van der Waals surface area contributed by atoms with E-state index in [0.717, 1.165) is 0 Å². The Morgan fingerprint density at radius 3 is 2.59 bits per heavy atom. The van der Waals surface area contributed by atoms with Crippen LogP contribution in [0.25, 0.3) is 0 Å². The molecule has 0 fully saturated rings. The second-order valence-electron chi connectivity index (χ2n) is 2.72. The van der Waals surface area contributed by atoms with E-state index in [1.54, 1.807) is 0 Å². The minimum Gasteiger partial charge on any atom is -0.275 e. The second kappa shape index (κ2) is 4.80. The fraction of sp³-hybridized carbons (Fsp3) is 0.125. The van der Waals surface area contributed by atoms with Crippen LogP contribution >= 0.6 is 11.6 Å². The maximum absolute atomic E-state index is 12.5. The number of pyridine rings is 1. The summed E-state index contributed by atoms with van der Waals surface area (Å²) >= 11 is 5.05. The van der Waals surface area contributed by atoms with Gasteiger partial charge >= 0.3 is 5.69 Å². The van der Waals surface area contributed by atoms with Gasteiger partial charge in [0.2, 0.25) is 0 Å². The van der Waals surface area contributed by atoms with Crippen LogP contribution in [0, 0.1) is 21.4 Å². The van der Waals surface area contributed by atoms with E-state index in [2.05, 4.69) is 4.98 Å². The van der Waals surface area contributed by atoms with Crippen LogP contribution in [0.2, 0.25) is 0 Å². The number of nitro groups is 1. The van der Waals surface area contributed by atoms with E-state index >= 15 is 0 Å². The van der Waals surface area contributed by atoms with Crippen molar-refractivity contribution in [3.8, 4) is 6.07 Å². The molecule has 1 aromatic rings. The topological polar surface area (TPSA) is 96.9 Å². The largest absolute Gasteiger partial charge is 0.301 e. The molecule has 0 aliphatic carbocycles. The summed E-state index contributed by atoms with van der Waals surface area (Å²) < 4.78 is 24.9. The molecule has 0 radical (unpaired) electrons. The number of hydrogen-bond acceptors (Lipinski definition) is 5. The van der Waals surface area contributed by atoms with Gasteiger partial charge in [-0.05, 0) is 11.6 Å². The molecule has 0 saturated heterocycles. The van der Waals surface area contributed by atoms with E-state index in [9.17, 15) is 23.7 Å². The lowest BCUT2D eigenvalue weighted by molar-refractivity contribution is -0.385. The van der Waals surface area contributed by atoms with Gasteiger partial charge in [-0.3, -0.25) is 14.9 Å². The first kappa shape index (κ1) is 12.9. The molecule has 0 bridgehead atoms. The molecule has 0 aromatic carbocycles. The molecule has 88 valence electrons. The van der Waals surface area contributed by atoms with Crippen LogP contribution in [0.3, 0.4) is 0 Å². The first-order chi connectivity index (χ1) is 7.90. The molecule has 1 rings (SSSR count). The van der Waals surface area contributed by atoms with E-state index < -0.39 is 39.1 Å². The molecular weight excluding hydrogens is 260 g/mol. The predicted octanol–water partition coefficient (Wildman–Crippen LogP) is 2.18. The van der Waals surface area contributed by atoms with Crippen molar-refractivity contribution in [2.45, 2.75) is 6.43 Å². The predicted molar refractivity (Wildman–Crippen MR) is 50.7 cm³/mol. The lowest BCUT2D eigenvalue weighted by Crippen LogP contribution is -2.07. The minimum atomic E-state index is -3.14. The van der Waals surface area contributed by atoms with Gasteiger partial charge in [0.25, 0.3) is 11.7 Å². The van der Waals surface area contributed by atoms with Crippen molar-refractivity contribution >= 4 is 22.5 Å². The van der Waals surface area contributed by atoms with Gasteiger partial charge in [-0.2, -0.15) is 5.26 Å². The lowest BCUT2D eigenvalue weighted by atomic mass is 10.1. The van der Waals surface area contributed by atoms with Crippen LogP contribution in [0.15, 0.2) is 6.20 Å². The quantitative estimate of drug-likeness (QED) is 0.472. The summed E-state index contributed by atoms with van der Waals surface area (Å²) in [5.41, 5.74) is -3.65. The van der Waals surface area contributed by atoms with Crippen molar-refractivity contribution in [1.29, 1.82) is 5.26 Å². The maximum Gasteiger partial charge on any atom is 0.301 e. The molecule has 1 aromatic heterocycles. The average Bonchev–Trinajstić information content (AvgIpc) is 2.26. The molecule has 0 aliphatic rings. The Morgan fingerprint density at radius 2 is 2.24 bits per heavy atom. The van der Waals surface area contributed by atoms with Crippen molar-refractivity contribution in [1.82, 2.24) is 4.98 Å². The summed E-state index contributed by atoms with van der Waals surface area (Å²) in [5, 5.41) is 17.8. The van der Waals surface area contributed by atoms with Gasteiger partial charge < -0.3 is 0 Å². The Labute approximate surface area is 97.6 Å². The zero-order valence-electron chi connectivity index (χ0n) is 7.85. The Hall–Kier alpha value is -2.14. The van der Waals surface area contributed by atoms with Gasteiger partial charge in [-0.25, -0.2) is 13.8 Å². The highest BCUT2D eigenvalue weighted by atomic mass is 35.5. The van der Waals surface area contributed by atoms with Gasteiger partial charge in [-0.15, -0.1) is 0 Å². The summed E-state index contributed by atoms with van der Waals surface area (Å²) in [6.07, 6.45) is -2.67. The molecule has 0 saturated carbocycles. The molecular formula is C8H2ClF2N3O3. The number of hydrogen-bond donors (Lipinski definition) is 0. The molecule has 0 atom stereocenters. The molecule has 1 heterocycles. The molecule has 0 unspecified atom stereocenters. The van der Waals surface area contributed by atoms with Gasteiger partial charge in [0.1, 0.15) is 23.5 Å². The van der Waals surface area contributed by atoms with E-state index in [1.807, 2.05) is 0 Å². The molecule has 6 nitrogen and oxygen atoms in total. The highest BCUT2D eigenvalue weighted by Crippen LogP contribution is 2.29. The molecule has 0 N–H and O–H groups in total. The first-order valence-corrected chi connectivity index (χ1v) is 4.33. The fourth-order valence-corrected chi connectivity index (χ4v) is 1.32. The highest BCUT2D eigenvalue weighted by Gasteiger charge is 2.29. The standard InChI is InChI=1S/C8H2ClF2N3O3/c9-7(15)5-3(1-12)6(8(10)11)13-2-4(5)14(16)17/h2,8H. The molecule has 17 heavy (non-hydrogen) atoms. The first-order valence-electron chi connectivity index (χ1n) is 3.95. The Morgan fingerprint density at radius 1 is 1.65 bits per heavy atom. The summed E-state index contributed by atoms with van der Waals surface area (Å²) in [4.78, 5) is 23.6. The van der Waals surface area contributed by atoms with E-state index in [-0.39, 0.29) is 0 Å². The van der Waals surface area contributed by atoms with Crippen LogP contribution in [0.5, 0.6) is 0 Å². The van der Waals surface area contributed by atoms with E-state index in [4.69, 9.17) is 16.9 Å². The number of carbonyl (C=O) groups is 1. The fourth-order valence-electron chi connectivity index (χ4n) is 1.13. The third-order valence-corrected chi connectivity index (χ3v) is 1.99. The summed E-state index contributed by atoms with van der Waals surface area (Å²) in [6, 6.07) is 1.27. The number of carbonyl (C=O) groups excluding carboxylic acids is 1. The zero-order chi connectivity index (χ0) is 13.2. The lowest BCUT2D eigenvalue weighted by Gasteiger charge is -2.05. The van der Waals surface area contributed by atoms with Crippen molar-refractivity contribution in [2.24, 2.45) is 0 Å². The van der Waals surface area contributed by atoms with Crippen molar-refractivity contribution in [3.05, 3.63) is 33.1 Å². The minimum absolute atomic E-state index is 0.470. The van der Waals surface area contributed by atoms with Crippen LogP contribution in [0.4, 0.5) is 14.5 Å². The molecule has 0 aliphatic heterocycles. The van der Waals surface area contributed by atoms with Gasteiger partial charge in [0, 0.05) is 0 Å². The highest BCUT2D eigenvalue weighted by molar-refractivity contribution is 6.68. The number of nitriles is 1. The van der Waals surface area contributed by atoms with Gasteiger partial charge in [-0.1, -0.05) is 0 Å². The number of aromatic nitrogens is 1. The smallest absolute Gasteiger partial charge is 0.275 e. The number of nitrogens with zero attached hydrogens (tertiary/aromatic N) is 3. The molecule has 9 heteroatoms. The van der Waals surface area contributed by atoms with Crippen LogP contribution in [-0.4, -0.2) is 15.1 Å². The van der Waals surface area contributed by atoms with Crippen LogP contribution in [0.1, 0.15) is 28.0 Å². The summed E-state index contributed by atoms with van der Waals surface area (Å²) in [5.74, 6) is 0. The van der Waals surface area contributed by atoms with Crippen molar-refractivity contribution in [2.75, 3.05) is 0 Å². The number of halogens is 3. The number of alkyl halides is 2. The second-order valence-corrected chi connectivity index (χ2v) is 3.07. The maximum atomic E-state index is 12.5. The van der Waals surface area contributed by atoms with E-state index in [1.165, 1.54) is 6.07 Å².